The molecule has 0 bridgehead atoms. The Kier molecular flexibility index (Phi) is 12.1. The minimum absolute atomic E-state index is 0.141. The summed E-state index contributed by atoms with van der Waals surface area (Å²) >= 11 is 0. The van der Waals surface area contributed by atoms with Gasteiger partial charge in [0.25, 0.3) is 0 Å². The van der Waals surface area contributed by atoms with Gasteiger partial charge in [0, 0.05) is 18.3 Å². The van der Waals surface area contributed by atoms with Gasteiger partial charge in [-0.3, -0.25) is 0 Å². The van der Waals surface area contributed by atoms with Gasteiger partial charge in [0.15, 0.2) is 23.5 Å². The lowest BCUT2D eigenvalue weighted by Crippen LogP contribution is -2.55. The van der Waals surface area contributed by atoms with Crippen molar-refractivity contribution in [2.75, 3.05) is 26.4 Å². The third-order valence-electron chi connectivity index (χ3n) is 8.42. The van der Waals surface area contributed by atoms with Gasteiger partial charge in [-0.25, -0.2) is 4.79 Å². The zero-order valence-corrected chi connectivity index (χ0v) is 27.0. The Labute approximate surface area is 282 Å². The summed E-state index contributed by atoms with van der Waals surface area (Å²) in [6.45, 7) is 3.04. The number of rotatable bonds is 15. The molecular formula is C35H42O14. The van der Waals surface area contributed by atoms with Crippen molar-refractivity contribution in [3.63, 3.8) is 0 Å². The predicted octanol–water partition coefficient (Wildman–Crippen LogP) is 1.30. The highest BCUT2D eigenvalue weighted by molar-refractivity contribution is 5.91. The molecule has 266 valence electrons. The van der Waals surface area contributed by atoms with Crippen LogP contribution in [0, 0.1) is 0 Å². The molecule has 0 amide bonds. The molecule has 1 aliphatic rings. The summed E-state index contributed by atoms with van der Waals surface area (Å²) in [5.74, 6) is -2.11. The van der Waals surface area contributed by atoms with Crippen LogP contribution in [0.3, 0.4) is 0 Å². The standard InChI is InChI=1S/C35H42O14/c1-34(2,21-3-7-25(8-4-21)46-15-23(37)17-48-33(45)20-11-27(39)31(43)28(40)12-20)22-5-9-26(10-6-22)47-16-24(38)18-49-35(19-36)13-29(41)32(44)30(42)14-35/h3-12,19,23-24,29-30,32,37-44H,13-18H2,1-2H3. The highest BCUT2D eigenvalue weighted by Gasteiger charge is 2.46. The number of aromatic hydroxyl groups is 3. The molecule has 0 spiro atoms. The molecule has 0 heterocycles. The van der Waals surface area contributed by atoms with Crippen LogP contribution in [-0.2, 0) is 19.7 Å². The van der Waals surface area contributed by atoms with E-state index in [1.165, 1.54) is 0 Å². The second-order valence-electron chi connectivity index (χ2n) is 12.6. The van der Waals surface area contributed by atoms with E-state index in [-0.39, 0.29) is 38.2 Å². The molecule has 49 heavy (non-hydrogen) atoms. The molecule has 3 aromatic rings. The van der Waals surface area contributed by atoms with Crippen LogP contribution in [0.1, 0.15) is 48.2 Å². The quantitative estimate of drug-likeness (QED) is 0.0640. The number of carbonyl (C=O) groups is 2. The molecule has 14 heteroatoms. The smallest absolute Gasteiger partial charge is 0.338 e. The van der Waals surface area contributed by atoms with Crippen LogP contribution in [0.4, 0.5) is 0 Å². The van der Waals surface area contributed by atoms with E-state index >= 15 is 0 Å². The second kappa shape index (κ2) is 15.8. The van der Waals surface area contributed by atoms with Crippen LogP contribution in [0.5, 0.6) is 28.7 Å². The number of aliphatic hydroxyl groups is 5. The lowest BCUT2D eigenvalue weighted by atomic mass is 9.78. The molecular weight excluding hydrogens is 644 g/mol. The van der Waals surface area contributed by atoms with Crippen molar-refractivity contribution in [1.82, 2.24) is 0 Å². The van der Waals surface area contributed by atoms with Crippen LogP contribution in [0.25, 0.3) is 0 Å². The van der Waals surface area contributed by atoms with E-state index in [0.29, 0.717) is 17.8 Å². The fourth-order valence-corrected chi connectivity index (χ4v) is 5.36. The minimum atomic E-state index is -1.52. The maximum Gasteiger partial charge on any atom is 0.338 e. The van der Waals surface area contributed by atoms with Gasteiger partial charge in [-0.2, -0.15) is 0 Å². The van der Waals surface area contributed by atoms with E-state index < -0.39 is 71.4 Å². The van der Waals surface area contributed by atoms with Crippen LogP contribution < -0.4 is 9.47 Å². The zero-order valence-electron chi connectivity index (χ0n) is 27.0. The van der Waals surface area contributed by atoms with Gasteiger partial charge in [-0.1, -0.05) is 38.1 Å². The molecule has 4 rings (SSSR count). The van der Waals surface area contributed by atoms with Crippen molar-refractivity contribution in [3.05, 3.63) is 77.4 Å². The van der Waals surface area contributed by atoms with E-state index in [9.17, 15) is 50.4 Å². The Balaban J connectivity index is 1.23. The molecule has 0 radical (unpaired) electrons. The molecule has 1 fully saturated rings. The number of hydrogen-bond donors (Lipinski definition) is 8. The van der Waals surface area contributed by atoms with Crippen molar-refractivity contribution >= 4 is 12.3 Å². The maximum absolute atomic E-state index is 12.2. The predicted molar refractivity (Wildman–Crippen MR) is 172 cm³/mol. The first-order chi connectivity index (χ1) is 23.1. The van der Waals surface area contributed by atoms with E-state index in [0.717, 1.165) is 23.3 Å². The number of benzene rings is 3. The minimum Gasteiger partial charge on any atom is -0.504 e. The number of phenolic OH excluding ortho intramolecular Hbond substituents is 3. The van der Waals surface area contributed by atoms with Gasteiger partial charge in [-0.15, -0.1) is 0 Å². The average molecular weight is 687 g/mol. The first kappa shape index (κ1) is 37.4. The summed E-state index contributed by atoms with van der Waals surface area (Å²) in [6.07, 6.45) is -6.27. The SMILES string of the molecule is CC(C)(c1ccc(OCC(O)COC(=O)c2cc(O)c(O)c(O)c2)cc1)c1ccc(OCC(O)COC2(C=O)CC(O)C(O)C(O)C2)cc1. The van der Waals surface area contributed by atoms with Crippen molar-refractivity contribution in [2.45, 2.75) is 68.2 Å². The van der Waals surface area contributed by atoms with Crippen LogP contribution in [0.15, 0.2) is 60.7 Å². The Morgan fingerprint density at radius 2 is 1.24 bits per heavy atom. The number of aldehydes is 1. The third kappa shape index (κ3) is 9.38. The molecule has 1 saturated carbocycles. The third-order valence-corrected chi connectivity index (χ3v) is 8.42. The fraction of sp³-hybridized carbons (Fsp3) is 0.429. The van der Waals surface area contributed by atoms with Crippen molar-refractivity contribution in [2.24, 2.45) is 0 Å². The van der Waals surface area contributed by atoms with Gasteiger partial charge < -0.3 is 64.6 Å². The summed E-state index contributed by atoms with van der Waals surface area (Å²) < 4.78 is 21.9. The number of phenols is 3. The Morgan fingerprint density at radius 1 is 0.796 bits per heavy atom. The Hall–Kier alpha value is -4.44. The van der Waals surface area contributed by atoms with Crippen LogP contribution in [0.2, 0.25) is 0 Å². The summed E-state index contributed by atoms with van der Waals surface area (Å²) in [6, 6.07) is 16.4. The van der Waals surface area contributed by atoms with Gasteiger partial charge in [0.2, 0.25) is 0 Å². The van der Waals surface area contributed by atoms with E-state index in [4.69, 9.17) is 18.9 Å². The van der Waals surface area contributed by atoms with Gasteiger partial charge in [-0.05, 0) is 47.5 Å². The monoisotopic (exact) mass is 686 g/mol. The second-order valence-corrected chi connectivity index (χ2v) is 12.6. The number of carbonyl (C=O) groups excluding carboxylic acids is 2. The number of esters is 1. The molecule has 4 atom stereocenters. The molecule has 0 saturated heterocycles. The van der Waals surface area contributed by atoms with E-state index in [1.54, 1.807) is 24.3 Å². The fourth-order valence-electron chi connectivity index (χ4n) is 5.36. The highest BCUT2D eigenvalue weighted by atomic mass is 16.6. The van der Waals surface area contributed by atoms with E-state index in [1.807, 2.05) is 38.1 Å². The van der Waals surface area contributed by atoms with Gasteiger partial charge >= 0.3 is 5.97 Å². The summed E-state index contributed by atoms with van der Waals surface area (Å²) in [4.78, 5) is 23.8. The van der Waals surface area contributed by atoms with Gasteiger partial charge in [0.05, 0.1) is 24.4 Å². The molecule has 3 aromatic carbocycles. The number of aliphatic hydroxyl groups excluding tert-OH is 5. The maximum atomic E-state index is 12.2. The summed E-state index contributed by atoms with van der Waals surface area (Å²) in [7, 11) is 0. The lowest BCUT2D eigenvalue weighted by molar-refractivity contribution is -0.183. The Morgan fingerprint density at radius 3 is 1.69 bits per heavy atom. The molecule has 14 nitrogen and oxygen atoms in total. The van der Waals surface area contributed by atoms with Crippen LogP contribution >= 0.6 is 0 Å². The first-order valence-corrected chi connectivity index (χ1v) is 15.5. The first-order valence-electron chi connectivity index (χ1n) is 15.5. The zero-order chi connectivity index (χ0) is 35.9. The van der Waals surface area contributed by atoms with Gasteiger partial charge in [0.1, 0.15) is 55.2 Å². The normalized spacial score (nSPS) is 22.1. The van der Waals surface area contributed by atoms with Crippen LogP contribution in [-0.4, -0.2) is 116 Å². The lowest BCUT2D eigenvalue weighted by Gasteiger charge is -2.40. The summed E-state index contributed by atoms with van der Waals surface area (Å²) in [5.41, 5.74) is -0.232. The molecule has 4 unspecified atom stereocenters. The molecule has 0 aromatic heterocycles. The largest absolute Gasteiger partial charge is 0.504 e. The summed E-state index contributed by atoms with van der Waals surface area (Å²) in [5, 5.41) is 78.7. The number of ether oxygens (including phenoxy) is 4. The Bertz CT molecular complexity index is 1520. The van der Waals surface area contributed by atoms with Crippen molar-refractivity contribution in [1.29, 1.82) is 0 Å². The molecule has 0 aliphatic heterocycles. The molecule has 8 N–H and O–H groups in total. The van der Waals surface area contributed by atoms with E-state index in [2.05, 4.69) is 0 Å². The van der Waals surface area contributed by atoms with Crippen molar-refractivity contribution < 1.29 is 69.4 Å². The highest BCUT2D eigenvalue weighted by Crippen LogP contribution is 2.36. The topological polar surface area (TPSA) is 233 Å². The average Bonchev–Trinajstić information content (AvgIpc) is 3.09. The molecule has 1 aliphatic carbocycles. The number of hydrogen-bond acceptors (Lipinski definition) is 14. The van der Waals surface area contributed by atoms with Crippen molar-refractivity contribution in [3.8, 4) is 28.7 Å².